The van der Waals surface area contributed by atoms with Gasteiger partial charge in [-0.05, 0) is 61.5 Å². The van der Waals surface area contributed by atoms with E-state index >= 15 is 0 Å². The van der Waals surface area contributed by atoms with Gasteiger partial charge in [-0.1, -0.05) is 43.5 Å². The number of thiocarbonyl (C=S) groups is 1. The van der Waals surface area contributed by atoms with E-state index in [1.165, 1.54) is 43.5 Å². The maximum atomic E-state index is 5.89. The number of rotatable bonds is 4. The lowest BCUT2D eigenvalue weighted by molar-refractivity contribution is 0.193. The Balaban J connectivity index is 1.61. The number of aromatic nitrogens is 2. The van der Waals surface area contributed by atoms with Gasteiger partial charge in [-0.15, -0.1) is 0 Å². The van der Waals surface area contributed by atoms with E-state index in [-0.39, 0.29) is 12.1 Å². The Morgan fingerprint density at radius 2 is 1.69 bits per heavy atom. The topological polar surface area (TPSA) is 33.1 Å². The van der Waals surface area contributed by atoms with Gasteiger partial charge in [0.25, 0.3) is 0 Å². The summed E-state index contributed by atoms with van der Waals surface area (Å²) in [5.74, 6) is 0. The monoisotopic (exact) mass is 402 g/mol. The second kappa shape index (κ2) is 7.99. The number of hydrogen-bond acceptors (Lipinski definition) is 2. The quantitative estimate of drug-likeness (QED) is 0.610. The Kier molecular flexibility index (Phi) is 5.06. The molecule has 5 heteroatoms. The van der Waals surface area contributed by atoms with Crippen LogP contribution in [0, 0.1) is 0 Å². The van der Waals surface area contributed by atoms with Crippen LogP contribution in [0.15, 0.2) is 73.1 Å². The molecular formula is C24H26N4S. The molecule has 3 aromatic rings. The van der Waals surface area contributed by atoms with Gasteiger partial charge in [-0.3, -0.25) is 4.98 Å². The minimum Gasteiger partial charge on any atom is -0.352 e. The molecule has 1 aliphatic heterocycles. The predicted molar refractivity (Wildman–Crippen MR) is 120 cm³/mol. The molecule has 1 saturated carbocycles. The lowest BCUT2D eigenvalue weighted by Gasteiger charge is -2.37. The van der Waals surface area contributed by atoms with Gasteiger partial charge < -0.3 is 14.8 Å². The van der Waals surface area contributed by atoms with Crippen molar-refractivity contribution in [2.24, 2.45) is 0 Å². The van der Waals surface area contributed by atoms with Crippen molar-refractivity contribution < 1.29 is 0 Å². The van der Waals surface area contributed by atoms with Crippen LogP contribution in [0.2, 0.25) is 0 Å². The second-order valence-electron chi connectivity index (χ2n) is 7.96. The summed E-state index contributed by atoms with van der Waals surface area (Å²) in [5, 5.41) is 4.48. The molecular weight excluding hydrogens is 376 g/mol. The van der Waals surface area contributed by atoms with Crippen LogP contribution in [0.25, 0.3) is 5.69 Å². The summed E-state index contributed by atoms with van der Waals surface area (Å²) in [6.07, 6.45) is 10.3. The van der Waals surface area contributed by atoms with E-state index < -0.39 is 0 Å². The maximum Gasteiger partial charge on any atom is 0.170 e. The Bertz CT molecular complexity index is 963. The molecule has 1 saturated heterocycles. The lowest BCUT2D eigenvalue weighted by Crippen LogP contribution is -2.40. The molecule has 0 bridgehead atoms. The first-order valence-corrected chi connectivity index (χ1v) is 11.0. The van der Waals surface area contributed by atoms with Crippen LogP contribution in [-0.2, 0) is 0 Å². The molecule has 0 spiro atoms. The van der Waals surface area contributed by atoms with Crippen LogP contribution in [0.1, 0.15) is 55.6 Å². The van der Waals surface area contributed by atoms with Gasteiger partial charge in [0, 0.05) is 29.8 Å². The molecule has 2 atom stereocenters. The fourth-order valence-corrected chi connectivity index (χ4v) is 5.28. The molecule has 148 valence electrons. The van der Waals surface area contributed by atoms with Gasteiger partial charge in [0.05, 0.1) is 17.8 Å². The van der Waals surface area contributed by atoms with Crippen LogP contribution in [0.5, 0.6) is 0 Å². The molecule has 2 aromatic heterocycles. The first-order valence-electron chi connectivity index (χ1n) is 10.6. The van der Waals surface area contributed by atoms with Crippen LogP contribution in [0.4, 0.5) is 0 Å². The number of hydrogen-bond donors (Lipinski definition) is 1. The van der Waals surface area contributed by atoms with E-state index in [4.69, 9.17) is 12.2 Å². The molecule has 1 aromatic carbocycles. The zero-order valence-corrected chi connectivity index (χ0v) is 17.3. The van der Waals surface area contributed by atoms with E-state index in [1.807, 2.05) is 12.3 Å². The molecule has 5 rings (SSSR count). The highest BCUT2D eigenvalue weighted by molar-refractivity contribution is 7.80. The van der Waals surface area contributed by atoms with E-state index in [0.717, 1.165) is 10.8 Å². The summed E-state index contributed by atoms with van der Waals surface area (Å²) in [5.41, 5.74) is 3.47. The third kappa shape index (κ3) is 3.44. The standard InChI is InChI=1S/C24H26N4S/c29-24-26-22(20-14-7-8-16-25-20)23(28(24)19-12-5-2-6-13-19)21-15-9-17-27(21)18-10-3-1-4-11-18/h1,3-4,7-11,14-17,19,22-23H,2,5-6,12-13H2,(H,26,29)/t22-,23+/m1/s1. The third-order valence-electron chi connectivity index (χ3n) is 6.22. The van der Waals surface area contributed by atoms with Crippen LogP contribution in [-0.4, -0.2) is 25.6 Å². The summed E-state index contributed by atoms with van der Waals surface area (Å²) in [4.78, 5) is 7.15. The fourth-order valence-electron chi connectivity index (χ4n) is 4.89. The molecule has 2 fully saturated rings. The molecule has 4 nitrogen and oxygen atoms in total. The fraction of sp³-hybridized carbons (Fsp3) is 0.333. The van der Waals surface area contributed by atoms with Gasteiger partial charge >= 0.3 is 0 Å². The SMILES string of the molecule is S=C1N[C@H](c2ccccn2)[C@H](c2cccn2-c2ccccc2)N1C1CCCCC1. The lowest BCUT2D eigenvalue weighted by atomic mass is 9.92. The van der Waals surface area contributed by atoms with Crippen molar-refractivity contribution in [2.45, 2.75) is 50.2 Å². The Hall–Kier alpha value is -2.66. The highest BCUT2D eigenvalue weighted by Gasteiger charge is 2.44. The zero-order chi connectivity index (χ0) is 19.6. The number of nitrogens with zero attached hydrogens (tertiary/aromatic N) is 3. The van der Waals surface area contributed by atoms with Crippen molar-refractivity contribution in [3.63, 3.8) is 0 Å². The molecule has 1 N–H and O–H groups in total. The minimum atomic E-state index is 0.0444. The van der Waals surface area contributed by atoms with E-state index in [2.05, 4.69) is 80.6 Å². The minimum absolute atomic E-state index is 0.0444. The molecule has 0 unspecified atom stereocenters. The first kappa shape index (κ1) is 18.4. The normalized spacial score (nSPS) is 22.6. The van der Waals surface area contributed by atoms with Crippen molar-refractivity contribution in [2.75, 3.05) is 0 Å². The first-order chi connectivity index (χ1) is 14.3. The van der Waals surface area contributed by atoms with Gasteiger partial charge in [0.15, 0.2) is 5.11 Å². The Labute approximate surface area is 177 Å². The second-order valence-corrected chi connectivity index (χ2v) is 8.35. The van der Waals surface area contributed by atoms with E-state index in [9.17, 15) is 0 Å². The van der Waals surface area contributed by atoms with Crippen LogP contribution < -0.4 is 5.32 Å². The highest BCUT2D eigenvalue weighted by Crippen LogP contribution is 2.43. The van der Waals surface area contributed by atoms with Crippen LogP contribution >= 0.6 is 12.2 Å². The van der Waals surface area contributed by atoms with Crippen molar-refractivity contribution in [1.82, 2.24) is 19.8 Å². The largest absolute Gasteiger partial charge is 0.352 e. The highest BCUT2D eigenvalue weighted by atomic mass is 32.1. The smallest absolute Gasteiger partial charge is 0.170 e. The Morgan fingerprint density at radius 1 is 0.897 bits per heavy atom. The number of benzene rings is 1. The average molecular weight is 403 g/mol. The van der Waals surface area contributed by atoms with Crippen molar-refractivity contribution >= 4 is 17.3 Å². The predicted octanol–water partition coefficient (Wildman–Crippen LogP) is 5.18. The van der Waals surface area contributed by atoms with Gasteiger partial charge in [0.1, 0.15) is 0 Å². The van der Waals surface area contributed by atoms with E-state index in [0.29, 0.717) is 6.04 Å². The Morgan fingerprint density at radius 3 is 2.45 bits per heavy atom. The number of nitrogens with one attached hydrogen (secondary N) is 1. The average Bonchev–Trinajstić information content (AvgIpc) is 3.40. The summed E-state index contributed by atoms with van der Waals surface area (Å²) in [7, 11) is 0. The molecule has 29 heavy (non-hydrogen) atoms. The summed E-state index contributed by atoms with van der Waals surface area (Å²) >= 11 is 5.89. The van der Waals surface area contributed by atoms with Crippen molar-refractivity contribution in [1.29, 1.82) is 0 Å². The van der Waals surface area contributed by atoms with Gasteiger partial charge in [-0.2, -0.15) is 0 Å². The summed E-state index contributed by atoms with van der Waals surface area (Å²) < 4.78 is 2.30. The van der Waals surface area contributed by atoms with Crippen molar-refractivity contribution in [3.05, 3.63) is 84.4 Å². The number of para-hydroxylation sites is 1. The van der Waals surface area contributed by atoms with Gasteiger partial charge in [-0.25, -0.2) is 0 Å². The molecule has 2 aliphatic rings. The van der Waals surface area contributed by atoms with Crippen molar-refractivity contribution in [3.8, 4) is 5.69 Å². The van der Waals surface area contributed by atoms with Gasteiger partial charge in [0.2, 0.25) is 0 Å². The maximum absolute atomic E-state index is 5.89. The molecule has 0 amide bonds. The number of pyridine rings is 1. The summed E-state index contributed by atoms with van der Waals surface area (Å²) in [6, 6.07) is 21.7. The van der Waals surface area contributed by atoms with E-state index in [1.54, 1.807) is 0 Å². The zero-order valence-electron chi connectivity index (χ0n) is 16.4. The third-order valence-corrected chi connectivity index (χ3v) is 6.55. The summed E-state index contributed by atoms with van der Waals surface area (Å²) in [6.45, 7) is 0. The molecule has 0 radical (unpaired) electrons. The molecule has 3 heterocycles. The van der Waals surface area contributed by atoms with Crippen LogP contribution in [0.3, 0.4) is 0 Å². The molecule has 1 aliphatic carbocycles.